The number of pyridine rings is 1. The van der Waals surface area contributed by atoms with Crippen molar-refractivity contribution in [2.75, 3.05) is 37.6 Å². The van der Waals surface area contributed by atoms with Gasteiger partial charge in [0.05, 0.1) is 10.9 Å². The first kappa shape index (κ1) is 28.1. The van der Waals surface area contributed by atoms with E-state index >= 15 is 0 Å². The highest BCUT2D eigenvalue weighted by molar-refractivity contribution is 8.26. The Hall–Kier alpha value is -2.93. The van der Waals surface area contributed by atoms with Crippen molar-refractivity contribution in [1.29, 1.82) is 5.26 Å². The monoisotopic (exact) mass is 549 g/mol. The van der Waals surface area contributed by atoms with Gasteiger partial charge in [-0.1, -0.05) is 74.6 Å². The summed E-state index contributed by atoms with van der Waals surface area (Å²) in [4.78, 5) is 34.0. The fraction of sp³-hybridized carbons (Fsp3) is 0.448. The minimum absolute atomic E-state index is 0.136. The van der Waals surface area contributed by atoms with Crippen molar-refractivity contribution in [2.24, 2.45) is 0 Å². The van der Waals surface area contributed by atoms with Crippen LogP contribution in [0, 0.1) is 18.3 Å². The summed E-state index contributed by atoms with van der Waals surface area (Å²) in [7, 11) is 0. The molecule has 2 aliphatic heterocycles. The molecule has 2 saturated heterocycles. The lowest BCUT2D eigenvalue weighted by Gasteiger charge is -2.37. The quantitative estimate of drug-likeness (QED) is 0.341. The van der Waals surface area contributed by atoms with Gasteiger partial charge in [-0.3, -0.25) is 19.1 Å². The fourth-order valence-corrected chi connectivity index (χ4v) is 6.51. The number of hydrogen-bond acceptors (Lipinski definition) is 7. The number of anilines is 1. The summed E-state index contributed by atoms with van der Waals surface area (Å²) in [5, 5.41) is 9.93. The summed E-state index contributed by atoms with van der Waals surface area (Å²) in [6.07, 6.45) is 3.61. The molecule has 2 aliphatic rings. The molecule has 2 aromatic rings. The topological polar surface area (TPSA) is 72.6 Å². The SMILES string of the molecule is CCCCn1c(N2CCN(CC)CC2)c(/C=C2\SC(=S)N(C(C)c3ccccc3)C2=O)c(C)c(C#N)c1=O. The number of rotatable bonds is 8. The van der Waals surface area contributed by atoms with Gasteiger partial charge >= 0.3 is 0 Å². The van der Waals surface area contributed by atoms with Crippen molar-refractivity contribution in [3.63, 3.8) is 0 Å². The second-order valence-electron chi connectivity index (χ2n) is 9.72. The van der Waals surface area contributed by atoms with E-state index in [9.17, 15) is 14.9 Å². The summed E-state index contributed by atoms with van der Waals surface area (Å²) in [5.74, 6) is 0.652. The number of thioether (sulfide) groups is 1. The van der Waals surface area contributed by atoms with Crippen LogP contribution in [0.1, 0.15) is 61.9 Å². The molecule has 200 valence electrons. The van der Waals surface area contributed by atoms with Gasteiger partial charge in [0.25, 0.3) is 11.5 Å². The lowest BCUT2D eigenvalue weighted by Crippen LogP contribution is -2.48. The van der Waals surface area contributed by atoms with Crippen molar-refractivity contribution in [3.8, 4) is 6.07 Å². The number of unbranched alkanes of at least 4 members (excludes halogenated alkanes) is 1. The standard InChI is InChI=1S/C29H35N5O2S2/c1-5-7-13-33-26(32-16-14-31(6-2)15-17-32)23(20(3)24(19-30)27(33)35)18-25-28(36)34(29(37)38-25)21(4)22-11-9-8-10-12-22/h8-12,18,21H,5-7,13-17H2,1-4H3/b25-18-. The maximum atomic E-state index is 13.7. The molecular weight excluding hydrogens is 514 g/mol. The molecular formula is C29H35N5O2S2. The molecule has 2 fully saturated rings. The van der Waals surface area contributed by atoms with E-state index in [1.54, 1.807) is 9.47 Å². The number of amides is 1. The van der Waals surface area contributed by atoms with E-state index in [4.69, 9.17) is 12.2 Å². The Bertz CT molecular complexity index is 1340. The zero-order chi connectivity index (χ0) is 27.4. The molecule has 1 aromatic carbocycles. The van der Waals surface area contributed by atoms with Gasteiger partial charge in [0.15, 0.2) is 0 Å². The van der Waals surface area contributed by atoms with Gasteiger partial charge in [-0.2, -0.15) is 5.26 Å². The predicted molar refractivity (Wildman–Crippen MR) is 159 cm³/mol. The highest BCUT2D eigenvalue weighted by Gasteiger charge is 2.37. The van der Waals surface area contributed by atoms with Crippen molar-refractivity contribution in [3.05, 3.63) is 67.8 Å². The molecule has 0 spiro atoms. The van der Waals surface area contributed by atoms with Gasteiger partial charge < -0.3 is 9.80 Å². The van der Waals surface area contributed by atoms with E-state index in [0.717, 1.165) is 62.5 Å². The average Bonchev–Trinajstić information content (AvgIpc) is 3.22. The number of aromatic nitrogens is 1. The van der Waals surface area contributed by atoms with E-state index in [-0.39, 0.29) is 23.1 Å². The lowest BCUT2D eigenvalue weighted by molar-refractivity contribution is -0.123. The average molecular weight is 550 g/mol. The van der Waals surface area contributed by atoms with E-state index in [0.29, 0.717) is 21.3 Å². The molecule has 1 amide bonds. The molecule has 9 heteroatoms. The molecule has 1 unspecified atom stereocenters. The molecule has 38 heavy (non-hydrogen) atoms. The van der Waals surface area contributed by atoms with E-state index in [2.05, 4.69) is 29.7 Å². The van der Waals surface area contributed by atoms with Crippen molar-refractivity contribution < 1.29 is 4.79 Å². The second kappa shape index (κ2) is 12.3. The Morgan fingerprint density at radius 2 is 1.82 bits per heavy atom. The van der Waals surface area contributed by atoms with Crippen LogP contribution in [0.3, 0.4) is 0 Å². The zero-order valence-corrected chi connectivity index (χ0v) is 24.2. The van der Waals surface area contributed by atoms with Crippen LogP contribution < -0.4 is 10.5 Å². The number of carbonyl (C=O) groups is 1. The van der Waals surface area contributed by atoms with Crippen molar-refractivity contribution >= 4 is 46.1 Å². The van der Waals surface area contributed by atoms with E-state index in [1.807, 2.05) is 50.3 Å². The molecule has 0 aliphatic carbocycles. The van der Waals surface area contributed by atoms with Crippen LogP contribution in [0.4, 0.5) is 5.82 Å². The molecule has 0 radical (unpaired) electrons. The van der Waals surface area contributed by atoms with E-state index in [1.165, 1.54) is 11.8 Å². The molecule has 4 rings (SSSR count). The zero-order valence-electron chi connectivity index (χ0n) is 22.6. The largest absolute Gasteiger partial charge is 0.355 e. The highest BCUT2D eigenvalue weighted by atomic mass is 32.2. The molecule has 7 nitrogen and oxygen atoms in total. The Morgan fingerprint density at radius 3 is 2.42 bits per heavy atom. The third-order valence-electron chi connectivity index (χ3n) is 7.47. The van der Waals surface area contributed by atoms with Crippen LogP contribution in [-0.2, 0) is 11.3 Å². The summed E-state index contributed by atoms with van der Waals surface area (Å²) in [6.45, 7) is 12.9. The number of carbonyl (C=O) groups excluding carboxylic acids is 1. The van der Waals surface area contributed by atoms with Gasteiger partial charge in [0.1, 0.15) is 21.8 Å². The Labute approximate surface area is 234 Å². The number of thiocarbonyl (C=S) groups is 1. The van der Waals surface area contributed by atoms with Gasteiger partial charge in [-0.05, 0) is 44.0 Å². The van der Waals surface area contributed by atoms with Gasteiger partial charge in [-0.15, -0.1) is 0 Å². The molecule has 1 atom stereocenters. The maximum absolute atomic E-state index is 13.7. The molecule has 1 aromatic heterocycles. The van der Waals surface area contributed by atoms with Crippen LogP contribution in [-0.4, -0.2) is 57.3 Å². The third-order valence-corrected chi connectivity index (χ3v) is 8.80. The maximum Gasteiger partial charge on any atom is 0.270 e. The minimum Gasteiger partial charge on any atom is -0.355 e. The highest BCUT2D eigenvalue weighted by Crippen LogP contribution is 2.39. The first-order valence-corrected chi connectivity index (χ1v) is 14.5. The number of likely N-dealkylation sites (N-methyl/N-ethyl adjacent to an activating group) is 1. The molecule has 3 heterocycles. The number of hydrogen-bond donors (Lipinski definition) is 0. The lowest BCUT2D eigenvalue weighted by atomic mass is 10.0. The summed E-state index contributed by atoms with van der Waals surface area (Å²) in [6, 6.07) is 11.8. The van der Waals surface area contributed by atoms with Crippen molar-refractivity contribution in [2.45, 2.75) is 53.1 Å². The van der Waals surface area contributed by atoms with Crippen molar-refractivity contribution in [1.82, 2.24) is 14.4 Å². The van der Waals surface area contributed by atoms with Crippen LogP contribution in [0.5, 0.6) is 0 Å². The third kappa shape index (κ3) is 5.44. The minimum atomic E-state index is -0.256. The summed E-state index contributed by atoms with van der Waals surface area (Å²) >= 11 is 6.94. The number of nitriles is 1. The smallest absolute Gasteiger partial charge is 0.270 e. The van der Waals surface area contributed by atoms with Crippen LogP contribution in [0.25, 0.3) is 6.08 Å². The first-order valence-electron chi connectivity index (χ1n) is 13.3. The summed E-state index contributed by atoms with van der Waals surface area (Å²) < 4.78 is 2.27. The van der Waals surface area contributed by atoms with E-state index < -0.39 is 0 Å². The van der Waals surface area contributed by atoms with Gasteiger partial charge in [-0.25, -0.2) is 0 Å². The predicted octanol–water partition coefficient (Wildman–Crippen LogP) is 4.93. The molecule has 0 saturated carbocycles. The normalized spacial score (nSPS) is 18.3. The van der Waals surface area contributed by atoms with Crippen LogP contribution in [0.2, 0.25) is 0 Å². The number of nitrogens with zero attached hydrogens (tertiary/aromatic N) is 5. The molecule has 0 bridgehead atoms. The number of piperazine rings is 1. The Balaban J connectivity index is 1.83. The Morgan fingerprint density at radius 1 is 1.13 bits per heavy atom. The molecule has 0 N–H and O–H groups in total. The fourth-order valence-electron chi connectivity index (χ4n) is 5.11. The van der Waals surface area contributed by atoms with Gasteiger partial charge in [0, 0.05) is 38.3 Å². The van der Waals surface area contributed by atoms with Crippen LogP contribution >= 0.6 is 24.0 Å². The second-order valence-corrected chi connectivity index (χ2v) is 11.4. The van der Waals surface area contributed by atoms with Gasteiger partial charge in [0.2, 0.25) is 0 Å². The summed E-state index contributed by atoms with van der Waals surface area (Å²) in [5.41, 5.74) is 2.26. The first-order chi connectivity index (χ1) is 18.3. The Kier molecular flexibility index (Phi) is 9.08. The van der Waals surface area contributed by atoms with Crippen LogP contribution in [0.15, 0.2) is 40.0 Å². The number of benzene rings is 1.